The Hall–Kier alpha value is -1.81. The van der Waals surface area contributed by atoms with Gasteiger partial charge in [-0.25, -0.2) is 9.69 Å². The topological polar surface area (TPSA) is 114 Å². The Morgan fingerprint density at radius 2 is 2.06 bits per heavy atom. The number of nitrogens with zero attached hydrogens (tertiary/aromatic N) is 3. The molecule has 0 aliphatic heterocycles. The van der Waals surface area contributed by atoms with E-state index in [0.29, 0.717) is 4.90 Å². The first kappa shape index (κ1) is 17.6. The van der Waals surface area contributed by atoms with Crippen LogP contribution in [0.4, 0.5) is 4.79 Å². The van der Waals surface area contributed by atoms with Crippen LogP contribution in [-0.2, 0) is 4.79 Å². The average Bonchev–Trinajstić information content (AvgIpc) is 2.27. The molecule has 17 heavy (non-hydrogen) atoms. The number of carboxylic acid groups (broad SMARTS) is 1. The Kier molecular flexibility index (Phi) is 8.64. The summed E-state index contributed by atoms with van der Waals surface area (Å²) in [4.78, 5) is 20.8. The molecule has 0 fully saturated rings. The van der Waals surface area contributed by atoms with Crippen LogP contribution in [0, 0.1) is 16.7 Å². The van der Waals surface area contributed by atoms with E-state index in [-0.39, 0.29) is 5.88 Å². The van der Waals surface area contributed by atoms with Gasteiger partial charge in [-0.2, -0.15) is 5.26 Å². The predicted molar refractivity (Wildman–Crippen MR) is 61.2 cm³/mol. The molecule has 0 heterocycles. The van der Waals surface area contributed by atoms with Crippen LogP contribution in [-0.4, -0.2) is 46.4 Å². The van der Waals surface area contributed by atoms with Crippen LogP contribution in [0.2, 0.25) is 0 Å². The number of rotatable bonds is 2. The number of nitriles is 1. The first-order valence-electron chi connectivity index (χ1n) is 4.37. The monoisotopic (exact) mass is 263 g/mol. The van der Waals surface area contributed by atoms with Gasteiger partial charge in [-0.05, 0) is 13.8 Å². The Bertz CT molecular complexity index is 336. The summed E-state index contributed by atoms with van der Waals surface area (Å²) in [5.41, 5.74) is -0.644. The summed E-state index contributed by atoms with van der Waals surface area (Å²) < 4.78 is 0. The van der Waals surface area contributed by atoms with E-state index in [1.807, 2.05) is 6.07 Å². The number of amides is 2. The Morgan fingerprint density at radius 3 is 2.18 bits per heavy atom. The highest BCUT2D eigenvalue weighted by molar-refractivity contribution is 6.28. The molecule has 0 aliphatic carbocycles. The van der Waals surface area contributed by atoms with Gasteiger partial charge in [0, 0.05) is 7.05 Å². The fourth-order valence-corrected chi connectivity index (χ4v) is 0.549. The van der Waals surface area contributed by atoms with Crippen LogP contribution in [0.3, 0.4) is 0 Å². The van der Waals surface area contributed by atoms with Gasteiger partial charge in [-0.1, -0.05) is 0 Å². The number of halogens is 1. The molecule has 96 valence electrons. The van der Waals surface area contributed by atoms with Crippen molar-refractivity contribution in [2.45, 2.75) is 13.8 Å². The second-order valence-electron chi connectivity index (χ2n) is 3.45. The van der Waals surface area contributed by atoms with Crippen molar-refractivity contribution in [3.63, 3.8) is 0 Å². The zero-order chi connectivity index (χ0) is 14.1. The van der Waals surface area contributed by atoms with Crippen molar-refractivity contribution < 1.29 is 19.9 Å². The van der Waals surface area contributed by atoms with Crippen molar-refractivity contribution in [2.75, 3.05) is 12.9 Å². The zero-order valence-electron chi connectivity index (χ0n) is 9.71. The minimum atomic E-state index is -1.29. The van der Waals surface area contributed by atoms with Gasteiger partial charge in [-0.3, -0.25) is 4.79 Å². The number of alkyl halides is 1. The normalized spacial score (nSPS) is 10.1. The molecule has 0 aromatic rings. The summed E-state index contributed by atoms with van der Waals surface area (Å²) in [6.45, 7) is 3.32. The molecule has 2 N–H and O–H groups in total. The van der Waals surface area contributed by atoms with Gasteiger partial charge < -0.3 is 10.3 Å². The fraction of sp³-hybridized carbons (Fsp3) is 0.556. The summed E-state index contributed by atoms with van der Waals surface area (Å²) in [6, 6.07) is 1.93. The maximum absolute atomic E-state index is 10.4. The summed E-state index contributed by atoms with van der Waals surface area (Å²) in [7, 11) is 1.15. The van der Waals surface area contributed by atoms with E-state index in [0.717, 1.165) is 7.05 Å². The van der Waals surface area contributed by atoms with Crippen molar-refractivity contribution in [2.24, 2.45) is 10.6 Å². The molecule has 0 radical (unpaired) electrons. The number of imide groups is 1. The lowest BCUT2D eigenvalue weighted by Crippen LogP contribution is -2.32. The lowest BCUT2D eigenvalue weighted by molar-refractivity contribution is -0.125. The van der Waals surface area contributed by atoms with Gasteiger partial charge in [0.2, 0.25) is 5.91 Å². The maximum atomic E-state index is 10.4. The highest BCUT2D eigenvalue weighted by Gasteiger charge is 2.12. The quantitative estimate of drug-likeness (QED) is 0.338. The van der Waals surface area contributed by atoms with Gasteiger partial charge >= 0.3 is 6.09 Å². The highest BCUT2D eigenvalue weighted by Crippen LogP contribution is 2.07. The lowest BCUT2D eigenvalue weighted by Gasteiger charge is -2.06. The summed E-state index contributed by atoms with van der Waals surface area (Å²) in [5.74, 6) is -0.924. The van der Waals surface area contributed by atoms with Crippen molar-refractivity contribution in [1.82, 2.24) is 4.90 Å². The van der Waals surface area contributed by atoms with E-state index in [1.54, 1.807) is 13.8 Å². The van der Waals surface area contributed by atoms with E-state index >= 15 is 0 Å². The van der Waals surface area contributed by atoms with E-state index in [4.69, 9.17) is 27.2 Å². The molecule has 0 aromatic carbocycles. The van der Waals surface area contributed by atoms with Crippen LogP contribution < -0.4 is 0 Å². The Balaban J connectivity index is 0. The number of hydrogen-bond donors (Lipinski definition) is 2. The molecule has 0 unspecified atom stereocenters. The van der Waals surface area contributed by atoms with E-state index in [1.165, 1.54) is 6.21 Å². The van der Waals surface area contributed by atoms with Gasteiger partial charge in [0.1, 0.15) is 5.88 Å². The molecule has 0 rings (SSSR count). The van der Waals surface area contributed by atoms with Gasteiger partial charge in [-0.15, -0.1) is 16.8 Å². The summed E-state index contributed by atoms with van der Waals surface area (Å²) >= 11 is 5.04. The summed E-state index contributed by atoms with van der Waals surface area (Å²) in [5, 5.41) is 27.1. The van der Waals surface area contributed by atoms with Gasteiger partial charge in [0.05, 0.1) is 17.7 Å². The number of hydrogen-bond acceptors (Lipinski definition) is 5. The Morgan fingerprint density at radius 1 is 1.59 bits per heavy atom. The van der Waals surface area contributed by atoms with Gasteiger partial charge in [0.25, 0.3) is 0 Å². The van der Waals surface area contributed by atoms with Crippen LogP contribution in [0.1, 0.15) is 13.8 Å². The average molecular weight is 264 g/mol. The molecule has 0 aliphatic rings. The molecule has 2 amide bonds. The van der Waals surface area contributed by atoms with Crippen LogP contribution in [0.15, 0.2) is 5.16 Å². The van der Waals surface area contributed by atoms with E-state index < -0.39 is 17.4 Å². The first-order chi connectivity index (χ1) is 7.71. The molecular weight excluding hydrogens is 250 g/mol. The number of carbonyl (C=O) groups excluding carboxylic acids is 1. The molecule has 0 saturated carbocycles. The molecule has 0 spiro atoms. The van der Waals surface area contributed by atoms with E-state index in [9.17, 15) is 9.59 Å². The molecular formula is C9H14ClN3O4. The van der Waals surface area contributed by atoms with Crippen molar-refractivity contribution in [3.8, 4) is 6.07 Å². The molecule has 0 atom stereocenters. The molecule has 0 bridgehead atoms. The zero-order valence-corrected chi connectivity index (χ0v) is 10.5. The third kappa shape index (κ3) is 9.14. The second kappa shape index (κ2) is 8.35. The smallest absolute Gasteiger partial charge is 0.413 e. The minimum absolute atomic E-state index is 0.303. The molecule has 0 saturated heterocycles. The lowest BCUT2D eigenvalue weighted by atomic mass is 9.98. The van der Waals surface area contributed by atoms with Gasteiger partial charge in [0.15, 0.2) is 0 Å². The van der Waals surface area contributed by atoms with Crippen molar-refractivity contribution in [3.05, 3.63) is 0 Å². The van der Waals surface area contributed by atoms with Crippen LogP contribution >= 0.6 is 11.6 Å². The first-order valence-corrected chi connectivity index (χ1v) is 4.90. The number of oxime groups is 1. The van der Waals surface area contributed by atoms with Crippen LogP contribution in [0.25, 0.3) is 0 Å². The second-order valence-corrected chi connectivity index (χ2v) is 3.71. The van der Waals surface area contributed by atoms with E-state index in [2.05, 4.69) is 5.16 Å². The molecule has 7 nitrogen and oxygen atoms in total. The molecule has 0 aromatic heterocycles. The largest absolute Gasteiger partial charge is 0.465 e. The van der Waals surface area contributed by atoms with Crippen LogP contribution in [0.5, 0.6) is 0 Å². The predicted octanol–water partition coefficient (Wildman–Crippen LogP) is 1.36. The third-order valence-corrected chi connectivity index (χ3v) is 1.67. The summed E-state index contributed by atoms with van der Waals surface area (Å²) in [6.07, 6.45) is -0.104. The maximum Gasteiger partial charge on any atom is 0.413 e. The fourth-order valence-electron chi connectivity index (χ4n) is 0.370. The number of carbonyl (C=O) groups is 2. The van der Waals surface area contributed by atoms with Crippen molar-refractivity contribution in [1.29, 1.82) is 5.26 Å². The Labute approximate surface area is 104 Å². The standard InChI is InChI=1S/C5H8N2O.C4H6ClNO3/c1-5(2,3-6)4-7-8;1-6(4(8)9)3(7)2-5/h4,8H,1-2H3;2H2,1H3,(H,8,9)/b7-4+;. The molecule has 8 heteroatoms. The van der Waals surface area contributed by atoms with Crippen molar-refractivity contribution >= 4 is 29.8 Å². The third-order valence-electron chi connectivity index (χ3n) is 1.44. The minimum Gasteiger partial charge on any atom is -0.465 e. The SMILES string of the molecule is CC(C)(C#N)/C=N/O.CN(C(=O)O)C(=O)CCl. The highest BCUT2D eigenvalue weighted by atomic mass is 35.5.